The van der Waals surface area contributed by atoms with Gasteiger partial charge in [-0.05, 0) is 33.4 Å². The first-order chi connectivity index (χ1) is 6.07. The Morgan fingerprint density at radius 1 is 1.31 bits per heavy atom. The Hall–Kier alpha value is -0.390. The molecular formula is C8H20N4S. The summed E-state index contributed by atoms with van der Waals surface area (Å²) in [5, 5.41) is 3.55. The van der Waals surface area contributed by atoms with Gasteiger partial charge >= 0.3 is 0 Å². The van der Waals surface area contributed by atoms with Crippen LogP contribution in [-0.4, -0.2) is 62.2 Å². The predicted molar refractivity (Wildman–Crippen MR) is 60.8 cm³/mol. The van der Waals surface area contributed by atoms with Crippen LogP contribution in [0.15, 0.2) is 0 Å². The number of hydrogen-bond donors (Lipinski definition) is 2. The van der Waals surface area contributed by atoms with Crippen molar-refractivity contribution < 1.29 is 0 Å². The van der Waals surface area contributed by atoms with Crippen LogP contribution in [0, 0.1) is 0 Å². The van der Waals surface area contributed by atoms with Gasteiger partial charge in [-0.3, -0.25) is 0 Å². The van der Waals surface area contributed by atoms with E-state index in [9.17, 15) is 0 Å². The van der Waals surface area contributed by atoms with Crippen LogP contribution in [0.2, 0.25) is 0 Å². The summed E-state index contributed by atoms with van der Waals surface area (Å²) in [7, 11) is 6.00. The van der Waals surface area contributed by atoms with E-state index in [1.807, 2.05) is 26.0 Å². The molecule has 4 nitrogen and oxygen atoms in total. The molecule has 5 heteroatoms. The molecule has 0 aromatic heterocycles. The molecule has 0 saturated heterocycles. The molecule has 0 spiro atoms. The summed E-state index contributed by atoms with van der Waals surface area (Å²) in [5.74, 6) is 0. The molecule has 3 N–H and O–H groups in total. The quantitative estimate of drug-likeness (QED) is 0.561. The van der Waals surface area contributed by atoms with Crippen molar-refractivity contribution in [2.75, 3.05) is 47.3 Å². The van der Waals surface area contributed by atoms with E-state index in [0.29, 0.717) is 5.11 Å². The van der Waals surface area contributed by atoms with Crippen molar-refractivity contribution in [2.24, 2.45) is 5.73 Å². The maximum atomic E-state index is 5.57. The first-order valence-corrected chi connectivity index (χ1v) is 4.82. The lowest BCUT2D eigenvalue weighted by atomic mass is 10.4. The lowest BCUT2D eigenvalue weighted by Crippen LogP contribution is -2.42. The SMILES string of the molecule is CNCCN(CCN(C)C)C(N)=S. The molecule has 0 aromatic rings. The Balaban J connectivity index is 3.74. The Labute approximate surface area is 86.1 Å². The topological polar surface area (TPSA) is 44.5 Å². The van der Waals surface area contributed by atoms with Gasteiger partial charge in [-0.15, -0.1) is 0 Å². The van der Waals surface area contributed by atoms with Gasteiger partial charge in [0.05, 0.1) is 0 Å². The Kier molecular flexibility index (Phi) is 6.84. The summed E-state index contributed by atoms with van der Waals surface area (Å²) < 4.78 is 0. The summed E-state index contributed by atoms with van der Waals surface area (Å²) in [6, 6.07) is 0. The van der Waals surface area contributed by atoms with Crippen molar-refractivity contribution in [2.45, 2.75) is 0 Å². The minimum atomic E-state index is 0.483. The molecule has 78 valence electrons. The third kappa shape index (κ3) is 6.74. The van der Waals surface area contributed by atoms with Gasteiger partial charge in [0.15, 0.2) is 5.11 Å². The number of likely N-dealkylation sites (N-methyl/N-ethyl adjacent to an activating group) is 2. The highest BCUT2D eigenvalue weighted by Gasteiger charge is 2.04. The minimum Gasteiger partial charge on any atom is -0.376 e. The summed E-state index contributed by atoms with van der Waals surface area (Å²) in [6.07, 6.45) is 0. The molecule has 13 heavy (non-hydrogen) atoms. The van der Waals surface area contributed by atoms with Crippen LogP contribution in [0.5, 0.6) is 0 Å². The zero-order chi connectivity index (χ0) is 10.3. The lowest BCUT2D eigenvalue weighted by molar-refractivity contribution is 0.331. The van der Waals surface area contributed by atoms with Crippen LogP contribution in [0.25, 0.3) is 0 Å². The molecule has 0 saturated carbocycles. The Morgan fingerprint density at radius 2 is 1.92 bits per heavy atom. The molecule has 0 aliphatic carbocycles. The predicted octanol–water partition coefficient (Wildman–Crippen LogP) is -0.687. The first kappa shape index (κ1) is 12.6. The summed E-state index contributed by atoms with van der Waals surface area (Å²) in [5.41, 5.74) is 5.57. The van der Waals surface area contributed by atoms with Crippen molar-refractivity contribution in [1.82, 2.24) is 15.1 Å². The highest BCUT2D eigenvalue weighted by molar-refractivity contribution is 7.80. The van der Waals surface area contributed by atoms with Crippen LogP contribution in [0.3, 0.4) is 0 Å². The van der Waals surface area contributed by atoms with Crippen molar-refractivity contribution in [1.29, 1.82) is 0 Å². The average Bonchev–Trinajstić information content (AvgIpc) is 2.03. The van der Waals surface area contributed by atoms with Gasteiger partial charge in [0, 0.05) is 26.2 Å². The lowest BCUT2D eigenvalue weighted by Gasteiger charge is -2.24. The summed E-state index contributed by atoms with van der Waals surface area (Å²) in [4.78, 5) is 4.12. The first-order valence-electron chi connectivity index (χ1n) is 4.41. The van der Waals surface area contributed by atoms with E-state index in [1.54, 1.807) is 0 Å². The average molecular weight is 204 g/mol. The number of thiocarbonyl (C=S) groups is 1. The second kappa shape index (κ2) is 7.06. The van der Waals surface area contributed by atoms with Crippen molar-refractivity contribution >= 4 is 17.3 Å². The standard InChI is InChI=1S/C8H20N4S/c1-10-4-5-12(8(9)13)7-6-11(2)3/h10H,4-7H2,1-3H3,(H2,9,13). The Bertz CT molecular complexity index is 149. The number of hydrogen-bond acceptors (Lipinski definition) is 3. The molecule has 0 radical (unpaired) electrons. The molecule has 0 atom stereocenters. The number of rotatable bonds is 6. The van der Waals surface area contributed by atoms with E-state index in [-0.39, 0.29) is 0 Å². The minimum absolute atomic E-state index is 0.483. The van der Waals surface area contributed by atoms with E-state index < -0.39 is 0 Å². The molecule has 0 heterocycles. The molecule has 0 aliphatic rings. The molecule has 0 amide bonds. The second-order valence-electron chi connectivity index (χ2n) is 3.23. The van der Waals surface area contributed by atoms with Gasteiger partial charge in [0.25, 0.3) is 0 Å². The third-order valence-electron chi connectivity index (χ3n) is 1.76. The van der Waals surface area contributed by atoms with Crippen molar-refractivity contribution in [3.05, 3.63) is 0 Å². The maximum absolute atomic E-state index is 5.57. The van der Waals surface area contributed by atoms with E-state index >= 15 is 0 Å². The van der Waals surface area contributed by atoms with E-state index in [0.717, 1.165) is 26.2 Å². The van der Waals surface area contributed by atoms with E-state index in [4.69, 9.17) is 18.0 Å². The van der Waals surface area contributed by atoms with Gasteiger partial charge in [-0.1, -0.05) is 0 Å². The largest absolute Gasteiger partial charge is 0.376 e. The second-order valence-corrected chi connectivity index (χ2v) is 3.65. The monoisotopic (exact) mass is 204 g/mol. The molecule has 0 fully saturated rings. The number of nitrogens with two attached hydrogens (primary N) is 1. The fourth-order valence-electron chi connectivity index (χ4n) is 0.900. The molecule has 0 rings (SSSR count). The zero-order valence-corrected chi connectivity index (χ0v) is 9.52. The van der Waals surface area contributed by atoms with E-state index in [2.05, 4.69) is 10.2 Å². The fraction of sp³-hybridized carbons (Fsp3) is 0.875. The molecule has 0 aliphatic heterocycles. The number of nitrogens with one attached hydrogen (secondary N) is 1. The van der Waals surface area contributed by atoms with Crippen molar-refractivity contribution in [3.8, 4) is 0 Å². The highest BCUT2D eigenvalue weighted by atomic mass is 32.1. The van der Waals surface area contributed by atoms with Crippen molar-refractivity contribution in [3.63, 3.8) is 0 Å². The molecule has 0 unspecified atom stereocenters. The van der Waals surface area contributed by atoms with E-state index in [1.165, 1.54) is 0 Å². The van der Waals surface area contributed by atoms with Crippen LogP contribution in [0.1, 0.15) is 0 Å². The van der Waals surface area contributed by atoms with Gasteiger partial charge in [0.1, 0.15) is 0 Å². The van der Waals surface area contributed by atoms with Gasteiger partial charge < -0.3 is 20.9 Å². The molecule has 0 aromatic carbocycles. The smallest absolute Gasteiger partial charge is 0.166 e. The number of nitrogens with zero attached hydrogens (tertiary/aromatic N) is 2. The highest BCUT2D eigenvalue weighted by Crippen LogP contribution is 1.88. The fourth-order valence-corrected chi connectivity index (χ4v) is 1.08. The summed E-state index contributed by atoms with van der Waals surface area (Å²) >= 11 is 4.94. The van der Waals surface area contributed by atoms with Gasteiger partial charge in [-0.25, -0.2) is 0 Å². The van der Waals surface area contributed by atoms with Gasteiger partial charge in [0.2, 0.25) is 0 Å². The van der Waals surface area contributed by atoms with Gasteiger partial charge in [-0.2, -0.15) is 0 Å². The zero-order valence-electron chi connectivity index (χ0n) is 8.71. The summed E-state index contributed by atoms with van der Waals surface area (Å²) in [6.45, 7) is 3.65. The molecule has 0 bridgehead atoms. The third-order valence-corrected chi connectivity index (χ3v) is 2.02. The van der Waals surface area contributed by atoms with Crippen LogP contribution in [0.4, 0.5) is 0 Å². The molecular weight excluding hydrogens is 184 g/mol. The normalized spacial score (nSPS) is 10.5. The Morgan fingerprint density at radius 3 is 2.31 bits per heavy atom. The maximum Gasteiger partial charge on any atom is 0.166 e. The van der Waals surface area contributed by atoms with Crippen LogP contribution in [-0.2, 0) is 0 Å². The van der Waals surface area contributed by atoms with Crippen LogP contribution < -0.4 is 11.1 Å². The van der Waals surface area contributed by atoms with Crippen LogP contribution >= 0.6 is 12.2 Å².